The highest BCUT2D eigenvalue weighted by Gasteiger charge is 2.28. The van der Waals surface area contributed by atoms with Crippen LogP contribution in [-0.4, -0.2) is 25.3 Å². The molecule has 0 saturated carbocycles. The number of halogens is 3. The molecule has 0 unspecified atom stereocenters. The van der Waals surface area contributed by atoms with E-state index in [-0.39, 0.29) is 5.56 Å². The lowest BCUT2D eigenvalue weighted by molar-refractivity contribution is -0.127. The third kappa shape index (κ3) is 2.72. The van der Waals surface area contributed by atoms with Crippen LogP contribution in [0.2, 0.25) is 0 Å². The minimum atomic E-state index is -4.19. The number of anilines is 1. The molecule has 1 aromatic heterocycles. The summed E-state index contributed by atoms with van der Waals surface area (Å²) in [6, 6.07) is 6.58. The summed E-state index contributed by atoms with van der Waals surface area (Å²) in [6.07, 6.45) is -3.48. The van der Waals surface area contributed by atoms with Crippen LogP contribution in [0.5, 0.6) is 0 Å². The second kappa shape index (κ2) is 4.48. The van der Waals surface area contributed by atoms with E-state index in [0.717, 1.165) is 5.39 Å². The summed E-state index contributed by atoms with van der Waals surface area (Å²) in [4.78, 5) is 5.99. The van der Waals surface area contributed by atoms with Crippen LogP contribution in [0, 0.1) is 0 Å². The number of fused-ring (bicyclic) bond motifs is 1. The highest BCUT2D eigenvalue weighted by atomic mass is 19.4. The number of pyridine rings is 1. The van der Waals surface area contributed by atoms with Crippen molar-refractivity contribution in [2.45, 2.75) is 12.6 Å². The van der Waals surface area contributed by atoms with E-state index in [2.05, 4.69) is 4.98 Å². The van der Waals surface area contributed by atoms with Crippen LogP contribution in [-0.2, 0) is 6.42 Å². The maximum absolute atomic E-state index is 12.4. The van der Waals surface area contributed by atoms with Gasteiger partial charge in [-0.2, -0.15) is 13.2 Å². The average molecular weight is 254 g/mol. The van der Waals surface area contributed by atoms with Gasteiger partial charge in [-0.1, -0.05) is 6.07 Å². The zero-order valence-corrected chi connectivity index (χ0v) is 10.1. The molecule has 0 N–H and O–H groups in total. The molecule has 0 spiro atoms. The highest BCUT2D eigenvalue weighted by Crippen LogP contribution is 2.29. The Morgan fingerprint density at radius 1 is 1.22 bits per heavy atom. The van der Waals surface area contributed by atoms with E-state index in [1.165, 1.54) is 0 Å². The number of aromatic nitrogens is 1. The number of benzene rings is 1. The van der Waals surface area contributed by atoms with Gasteiger partial charge < -0.3 is 4.90 Å². The Balaban J connectivity index is 2.57. The molecule has 0 fully saturated rings. The van der Waals surface area contributed by atoms with E-state index in [1.807, 2.05) is 0 Å². The van der Waals surface area contributed by atoms with E-state index in [4.69, 9.17) is 0 Å². The SMILES string of the molecule is CN(C)c1cc(CC(F)(F)F)cc2cccnc12. The molecule has 2 nitrogen and oxygen atoms in total. The average Bonchev–Trinajstić information content (AvgIpc) is 2.25. The van der Waals surface area contributed by atoms with Gasteiger partial charge in [0.25, 0.3) is 0 Å². The second-order valence-electron chi connectivity index (χ2n) is 4.38. The lowest BCUT2D eigenvalue weighted by atomic mass is 10.1. The van der Waals surface area contributed by atoms with Crippen molar-refractivity contribution in [3.63, 3.8) is 0 Å². The lowest BCUT2D eigenvalue weighted by Gasteiger charge is -2.17. The van der Waals surface area contributed by atoms with Gasteiger partial charge in [-0.15, -0.1) is 0 Å². The molecule has 0 aliphatic heterocycles. The Hall–Kier alpha value is -1.78. The number of nitrogens with zero attached hydrogens (tertiary/aromatic N) is 2. The largest absolute Gasteiger partial charge is 0.393 e. The van der Waals surface area contributed by atoms with Crippen LogP contribution in [0.15, 0.2) is 30.5 Å². The van der Waals surface area contributed by atoms with Gasteiger partial charge in [-0.25, -0.2) is 0 Å². The molecule has 96 valence electrons. The van der Waals surface area contributed by atoms with Crippen molar-refractivity contribution < 1.29 is 13.2 Å². The predicted octanol–water partition coefficient (Wildman–Crippen LogP) is 3.41. The molecule has 1 heterocycles. The zero-order valence-electron chi connectivity index (χ0n) is 10.1. The summed E-state index contributed by atoms with van der Waals surface area (Å²) in [6.45, 7) is 0. The van der Waals surface area contributed by atoms with E-state index in [1.54, 1.807) is 49.5 Å². The van der Waals surface area contributed by atoms with Crippen molar-refractivity contribution in [2.24, 2.45) is 0 Å². The Bertz CT molecular complexity index is 562. The number of hydrogen-bond donors (Lipinski definition) is 0. The fourth-order valence-electron chi connectivity index (χ4n) is 1.91. The van der Waals surface area contributed by atoms with E-state index in [0.29, 0.717) is 11.2 Å². The lowest BCUT2D eigenvalue weighted by Crippen LogP contribution is -2.14. The topological polar surface area (TPSA) is 16.1 Å². The summed E-state index contributed by atoms with van der Waals surface area (Å²) in [5, 5.41) is 0.725. The van der Waals surface area contributed by atoms with Gasteiger partial charge in [-0.05, 0) is 23.8 Å². The van der Waals surface area contributed by atoms with Gasteiger partial charge in [-0.3, -0.25) is 4.98 Å². The molecule has 2 rings (SSSR count). The normalized spacial score (nSPS) is 11.8. The fourth-order valence-corrected chi connectivity index (χ4v) is 1.91. The van der Waals surface area contributed by atoms with Gasteiger partial charge in [0.15, 0.2) is 0 Å². The van der Waals surface area contributed by atoms with Crippen molar-refractivity contribution in [3.05, 3.63) is 36.0 Å². The summed E-state index contributed by atoms with van der Waals surface area (Å²) in [5.41, 5.74) is 1.67. The van der Waals surface area contributed by atoms with E-state index < -0.39 is 12.6 Å². The minimum absolute atomic E-state index is 0.256. The summed E-state index contributed by atoms with van der Waals surface area (Å²) >= 11 is 0. The van der Waals surface area contributed by atoms with Crippen LogP contribution in [0.3, 0.4) is 0 Å². The van der Waals surface area contributed by atoms with E-state index >= 15 is 0 Å². The quantitative estimate of drug-likeness (QED) is 0.816. The van der Waals surface area contributed by atoms with E-state index in [9.17, 15) is 13.2 Å². The van der Waals surface area contributed by atoms with Crippen LogP contribution in [0.1, 0.15) is 5.56 Å². The van der Waals surface area contributed by atoms with Gasteiger partial charge in [0.05, 0.1) is 17.6 Å². The maximum Gasteiger partial charge on any atom is 0.393 e. The summed E-state index contributed by atoms with van der Waals surface area (Å²) in [7, 11) is 3.58. The molecule has 0 aliphatic rings. The first-order valence-corrected chi connectivity index (χ1v) is 5.48. The third-order valence-corrected chi connectivity index (χ3v) is 2.63. The molecule has 0 aliphatic carbocycles. The Morgan fingerprint density at radius 2 is 1.94 bits per heavy atom. The van der Waals surface area contributed by atoms with Crippen molar-refractivity contribution in [3.8, 4) is 0 Å². The van der Waals surface area contributed by atoms with Crippen LogP contribution < -0.4 is 4.90 Å². The Morgan fingerprint density at radius 3 is 2.56 bits per heavy atom. The first-order chi connectivity index (χ1) is 8.37. The molecule has 5 heteroatoms. The van der Waals surface area contributed by atoms with Gasteiger partial charge >= 0.3 is 6.18 Å². The minimum Gasteiger partial charge on any atom is -0.376 e. The maximum atomic E-state index is 12.4. The molecule has 1 aromatic carbocycles. The molecule has 0 amide bonds. The van der Waals surface area contributed by atoms with Gasteiger partial charge in [0.2, 0.25) is 0 Å². The Kier molecular flexibility index (Phi) is 3.15. The second-order valence-corrected chi connectivity index (χ2v) is 4.38. The fraction of sp³-hybridized carbons (Fsp3) is 0.308. The van der Waals surface area contributed by atoms with Crippen molar-refractivity contribution in [2.75, 3.05) is 19.0 Å². The predicted molar refractivity (Wildman–Crippen MR) is 65.8 cm³/mol. The number of rotatable bonds is 2. The van der Waals surface area contributed by atoms with Crippen molar-refractivity contribution in [1.82, 2.24) is 4.98 Å². The zero-order chi connectivity index (χ0) is 13.3. The van der Waals surface area contributed by atoms with Crippen LogP contribution in [0.4, 0.5) is 18.9 Å². The Labute approximate surface area is 103 Å². The third-order valence-electron chi connectivity index (χ3n) is 2.63. The molecular weight excluding hydrogens is 241 g/mol. The van der Waals surface area contributed by atoms with Crippen molar-refractivity contribution >= 4 is 16.6 Å². The molecule has 0 radical (unpaired) electrons. The molecule has 0 atom stereocenters. The van der Waals surface area contributed by atoms with Crippen molar-refractivity contribution in [1.29, 1.82) is 0 Å². The number of alkyl halides is 3. The van der Waals surface area contributed by atoms with Crippen LogP contribution in [0.25, 0.3) is 10.9 Å². The monoisotopic (exact) mass is 254 g/mol. The van der Waals surface area contributed by atoms with Gasteiger partial charge in [0.1, 0.15) is 0 Å². The smallest absolute Gasteiger partial charge is 0.376 e. The standard InChI is InChI=1S/C13H13F3N2/c1-18(2)11-7-9(8-13(14,15)16)6-10-4-3-5-17-12(10)11/h3-7H,8H2,1-2H3. The van der Waals surface area contributed by atoms with Gasteiger partial charge in [0, 0.05) is 25.7 Å². The molecule has 0 saturated heterocycles. The molecule has 18 heavy (non-hydrogen) atoms. The van der Waals surface area contributed by atoms with Crippen LogP contribution >= 0.6 is 0 Å². The molecule has 2 aromatic rings. The summed E-state index contributed by atoms with van der Waals surface area (Å²) < 4.78 is 37.3. The molecule has 0 bridgehead atoms. The molecular formula is C13H13F3N2. The first kappa shape index (κ1) is 12.7. The summed E-state index contributed by atoms with van der Waals surface area (Å²) in [5.74, 6) is 0. The first-order valence-electron chi connectivity index (χ1n) is 5.48. The number of hydrogen-bond acceptors (Lipinski definition) is 2. The highest BCUT2D eigenvalue weighted by molar-refractivity contribution is 5.91.